The van der Waals surface area contributed by atoms with Crippen LogP contribution in [-0.2, 0) is 0 Å². The molecule has 0 aromatic heterocycles. The molecule has 0 aromatic rings. The summed E-state index contributed by atoms with van der Waals surface area (Å²) in [6.07, 6.45) is 15.0. The predicted molar refractivity (Wildman–Crippen MR) is 77.9 cm³/mol. The maximum absolute atomic E-state index is 5.89. The first-order valence-corrected chi connectivity index (χ1v) is 7.80. The fourth-order valence-corrected chi connectivity index (χ4v) is 2.10. The van der Waals surface area contributed by atoms with Crippen LogP contribution in [0.3, 0.4) is 0 Å². The SMILES string of the molecule is CCCCCCCCCCCN(N)CCCC. The Morgan fingerprint density at radius 1 is 0.588 bits per heavy atom. The molecule has 0 aliphatic rings. The third kappa shape index (κ3) is 13.9. The first-order valence-electron chi connectivity index (χ1n) is 7.80. The van der Waals surface area contributed by atoms with Crippen LogP contribution >= 0.6 is 0 Å². The Morgan fingerprint density at radius 2 is 1.00 bits per heavy atom. The van der Waals surface area contributed by atoms with E-state index in [1.165, 1.54) is 70.6 Å². The molecule has 0 bridgehead atoms. The first-order chi connectivity index (χ1) is 8.31. The van der Waals surface area contributed by atoms with Gasteiger partial charge in [-0.05, 0) is 12.8 Å². The maximum Gasteiger partial charge on any atom is 0.0128 e. The predicted octanol–water partition coefficient (Wildman–Crippen LogP) is 4.49. The maximum atomic E-state index is 5.89. The molecule has 0 unspecified atom stereocenters. The van der Waals surface area contributed by atoms with E-state index in [1.54, 1.807) is 0 Å². The highest BCUT2D eigenvalue weighted by atomic mass is 15.4. The van der Waals surface area contributed by atoms with Crippen LogP contribution in [-0.4, -0.2) is 18.1 Å². The summed E-state index contributed by atoms with van der Waals surface area (Å²) >= 11 is 0. The molecule has 0 aliphatic heterocycles. The van der Waals surface area contributed by atoms with Crippen LogP contribution < -0.4 is 5.84 Å². The lowest BCUT2D eigenvalue weighted by Gasteiger charge is -2.15. The molecule has 2 nitrogen and oxygen atoms in total. The Kier molecular flexibility index (Phi) is 13.9. The van der Waals surface area contributed by atoms with Crippen LogP contribution in [0.25, 0.3) is 0 Å². The van der Waals surface area contributed by atoms with Gasteiger partial charge in [-0.2, -0.15) is 0 Å². The van der Waals surface area contributed by atoms with Crippen molar-refractivity contribution in [1.82, 2.24) is 5.01 Å². The van der Waals surface area contributed by atoms with Gasteiger partial charge in [0.1, 0.15) is 0 Å². The van der Waals surface area contributed by atoms with Gasteiger partial charge in [-0.15, -0.1) is 0 Å². The Labute approximate surface area is 109 Å². The normalized spacial score (nSPS) is 11.3. The number of hydrogen-bond donors (Lipinski definition) is 1. The minimum Gasteiger partial charge on any atom is -0.269 e. The number of nitrogens with two attached hydrogens (primary N) is 1. The van der Waals surface area contributed by atoms with Crippen LogP contribution in [0.1, 0.15) is 84.5 Å². The molecular weight excluding hydrogens is 208 g/mol. The molecule has 0 atom stereocenters. The Hall–Kier alpha value is -0.0800. The number of rotatable bonds is 13. The minimum atomic E-state index is 1.06. The zero-order valence-electron chi connectivity index (χ0n) is 12.2. The van der Waals surface area contributed by atoms with E-state index in [1.807, 2.05) is 5.01 Å². The lowest BCUT2D eigenvalue weighted by Crippen LogP contribution is -2.32. The molecule has 2 heteroatoms. The zero-order chi connectivity index (χ0) is 12.8. The van der Waals surface area contributed by atoms with E-state index < -0.39 is 0 Å². The summed E-state index contributed by atoms with van der Waals surface area (Å²) in [7, 11) is 0. The molecular formula is C15H34N2. The highest BCUT2D eigenvalue weighted by molar-refractivity contribution is 4.51. The Balaban J connectivity index is 3.02. The average Bonchev–Trinajstić information content (AvgIpc) is 2.34. The fourth-order valence-electron chi connectivity index (χ4n) is 2.10. The first kappa shape index (κ1) is 16.9. The van der Waals surface area contributed by atoms with Crippen LogP contribution in [0.15, 0.2) is 0 Å². The Morgan fingerprint density at radius 3 is 1.53 bits per heavy atom. The molecule has 104 valence electrons. The highest BCUT2D eigenvalue weighted by Crippen LogP contribution is 2.09. The molecule has 0 saturated heterocycles. The van der Waals surface area contributed by atoms with Gasteiger partial charge in [-0.1, -0.05) is 71.6 Å². The van der Waals surface area contributed by atoms with Gasteiger partial charge >= 0.3 is 0 Å². The van der Waals surface area contributed by atoms with Crippen LogP contribution in [0, 0.1) is 0 Å². The molecule has 0 aliphatic carbocycles. The van der Waals surface area contributed by atoms with Crippen molar-refractivity contribution in [1.29, 1.82) is 0 Å². The highest BCUT2D eigenvalue weighted by Gasteiger charge is 1.97. The third-order valence-corrected chi connectivity index (χ3v) is 3.35. The molecule has 0 amide bonds. The summed E-state index contributed by atoms with van der Waals surface area (Å²) in [5.74, 6) is 5.89. The summed E-state index contributed by atoms with van der Waals surface area (Å²) in [4.78, 5) is 0. The molecule has 0 fully saturated rings. The van der Waals surface area contributed by atoms with E-state index in [0.717, 1.165) is 13.1 Å². The molecule has 0 saturated carbocycles. The van der Waals surface area contributed by atoms with Gasteiger partial charge in [0.15, 0.2) is 0 Å². The van der Waals surface area contributed by atoms with Gasteiger partial charge in [0.05, 0.1) is 0 Å². The number of unbranched alkanes of at least 4 members (excludes halogenated alkanes) is 9. The fraction of sp³-hybridized carbons (Fsp3) is 1.00. The lowest BCUT2D eigenvalue weighted by molar-refractivity contribution is 0.271. The van der Waals surface area contributed by atoms with Gasteiger partial charge in [0, 0.05) is 13.1 Å². The van der Waals surface area contributed by atoms with Crippen LogP contribution in [0.2, 0.25) is 0 Å². The molecule has 2 N–H and O–H groups in total. The van der Waals surface area contributed by atoms with Crippen molar-refractivity contribution >= 4 is 0 Å². The van der Waals surface area contributed by atoms with E-state index in [9.17, 15) is 0 Å². The van der Waals surface area contributed by atoms with Crippen LogP contribution in [0.4, 0.5) is 0 Å². The second kappa shape index (κ2) is 14.0. The smallest absolute Gasteiger partial charge is 0.0128 e. The third-order valence-electron chi connectivity index (χ3n) is 3.35. The minimum absolute atomic E-state index is 1.06. The van der Waals surface area contributed by atoms with Crippen molar-refractivity contribution in [3.63, 3.8) is 0 Å². The standard InChI is InChI=1S/C15H34N2/c1-3-5-7-8-9-10-11-12-13-15-17(16)14-6-4-2/h3-16H2,1-2H3. The number of hydrazine groups is 1. The van der Waals surface area contributed by atoms with Crippen molar-refractivity contribution < 1.29 is 0 Å². The van der Waals surface area contributed by atoms with Crippen LogP contribution in [0.5, 0.6) is 0 Å². The summed E-state index contributed by atoms with van der Waals surface area (Å²) in [5, 5.41) is 1.99. The second-order valence-electron chi connectivity index (χ2n) is 5.22. The van der Waals surface area contributed by atoms with Crippen molar-refractivity contribution in [3.05, 3.63) is 0 Å². The van der Waals surface area contributed by atoms with E-state index in [4.69, 9.17) is 5.84 Å². The van der Waals surface area contributed by atoms with Gasteiger partial charge in [-0.25, -0.2) is 5.01 Å². The quantitative estimate of drug-likeness (QED) is 0.293. The Bertz CT molecular complexity index is 137. The number of nitrogens with zero attached hydrogens (tertiary/aromatic N) is 1. The van der Waals surface area contributed by atoms with E-state index in [0.29, 0.717) is 0 Å². The van der Waals surface area contributed by atoms with Gasteiger partial charge in [0.25, 0.3) is 0 Å². The van der Waals surface area contributed by atoms with Crippen molar-refractivity contribution in [2.75, 3.05) is 13.1 Å². The van der Waals surface area contributed by atoms with Crippen molar-refractivity contribution in [2.45, 2.75) is 84.5 Å². The largest absolute Gasteiger partial charge is 0.269 e. The zero-order valence-corrected chi connectivity index (χ0v) is 12.2. The monoisotopic (exact) mass is 242 g/mol. The molecule has 17 heavy (non-hydrogen) atoms. The van der Waals surface area contributed by atoms with Gasteiger partial charge in [-0.3, -0.25) is 5.84 Å². The van der Waals surface area contributed by atoms with E-state index >= 15 is 0 Å². The second-order valence-corrected chi connectivity index (χ2v) is 5.22. The molecule has 0 rings (SSSR count). The molecule has 0 aromatic carbocycles. The summed E-state index contributed by atoms with van der Waals surface area (Å²) < 4.78 is 0. The van der Waals surface area contributed by atoms with Gasteiger partial charge < -0.3 is 0 Å². The average molecular weight is 242 g/mol. The van der Waals surface area contributed by atoms with Gasteiger partial charge in [0.2, 0.25) is 0 Å². The summed E-state index contributed by atoms with van der Waals surface area (Å²) in [6.45, 7) is 6.63. The summed E-state index contributed by atoms with van der Waals surface area (Å²) in [5.41, 5.74) is 0. The lowest BCUT2D eigenvalue weighted by atomic mass is 10.1. The van der Waals surface area contributed by atoms with Crippen molar-refractivity contribution in [2.24, 2.45) is 5.84 Å². The number of hydrogen-bond acceptors (Lipinski definition) is 2. The molecule has 0 heterocycles. The molecule has 0 spiro atoms. The van der Waals surface area contributed by atoms with E-state index in [2.05, 4.69) is 13.8 Å². The van der Waals surface area contributed by atoms with Crippen molar-refractivity contribution in [3.8, 4) is 0 Å². The summed E-state index contributed by atoms with van der Waals surface area (Å²) in [6, 6.07) is 0. The topological polar surface area (TPSA) is 29.3 Å². The molecule has 0 radical (unpaired) electrons. The van der Waals surface area contributed by atoms with E-state index in [-0.39, 0.29) is 0 Å².